The second kappa shape index (κ2) is 8.17. The molecule has 0 aliphatic carbocycles. The van der Waals surface area contributed by atoms with Gasteiger partial charge in [0.1, 0.15) is 5.82 Å². The SMILES string of the molecule is CCNC(=O)[C@@H]1C[C@@H](NC(=O)c2ccc(=O)[nH]c2)CN1Cc1nccn1C. The molecule has 3 heterocycles. The number of carbonyl (C=O) groups is 2. The summed E-state index contributed by atoms with van der Waals surface area (Å²) in [5, 5.41) is 5.82. The van der Waals surface area contributed by atoms with Crippen LogP contribution in [0, 0.1) is 0 Å². The fraction of sp³-hybridized carbons (Fsp3) is 0.444. The van der Waals surface area contributed by atoms with Gasteiger partial charge in [0.25, 0.3) is 5.91 Å². The maximum absolute atomic E-state index is 12.5. The molecule has 3 N–H and O–H groups in total. The van der Waals surface area contributed by atoms with Gasteiger partial charge in [-0.3, -0.25) is 19.3 Å². The van der Waals surface area contributed by atoms with Gasteiger partial charge in [0.2, 0.25) is 11.5 Å². The van der Waals surface area contributed by atoms with Crippen molar-refractivity contribution in [1.29, 1.82) is 0 Å². The number of nitrogens with one attached hydrogen (secondary N) is 3. The Kier molecular flexibility index (Phi) is 5.70. The maximum atomic E-state index is 12.5. The first-order chi connectivity index (χ1) is 13.0. The quantitative estimate of drug-likeness (QED) is 0.640. The van der Waals surface area contributed by atoms with Crippen LogP contribution >= 0.6 is 0 Å². The van der Waals surface area contributed by atoms with E-state index in [4.69, 9.17) is 0 Å². The highest BCUT2D eigenvalue weighted by molar-refractivity contribution is 5.94. The number of likely N-dealkylation sites (N-methyl/N-ethyl adjacent to an activating group) is 1. The summed E-state index contributed by atoms with van der Waals surface area (Å²) in [6.45, 7) is 3.51. The largest absolute Gasteiger partial charge is 0.355 e. The first kappa shape index (κ1) is 18.8. The number of rotatable bonds is 6. The molecule has 0 spiro atoms. The highest BCUT2D eigenvalue weighted by Crippen LogP contribution is 2.21. The van der Waals surface area contributed by atoms with Crippen LogP contribution in [-0.4, -0.2) is 56.4 Å². The minimum absolute atomic E-state index is 0.0486. The summed E-state index contributed by atoms with van der Waals surface area (Å²) in [5.41, 5.74) is 0.122. The first-order valence-corrected chi connectivity index (χ1v) is 8.95. The summed E-state index contributed by atoms with van der Waals surface area (Å²) < 4.78 is 1.92. The molecule has 3 rings (SSSR count). The number of hydrogen-bond donors (Lipinski definition) is 3. The van der Waals surface area contributed by atoms with Gasteiger partial charge in [0.05, 0.1) is 18.2 Å². The summed E-state index contributed by atoms with van der Waals surface area (Å²) in [5.74, 6) is 0.536. The molecule has 144 valence electrons. The van der Waals surface area contributed by atoms with Gasteiger partial charge < -0.3 is 20.2 Å². The smallest absolute Gasteiger partial charge is 0.253 e. The molecule has 2 aromatic heterocycles. The third-order valence-corrected chi connectivity index (χ3v) is 4.70. The zero-order chi connectivity index (χ0) is 19.4. The van der Waals surface area contributed by atoms with Crippen LogP contribution < -0.4 is 16.2 Å². The molecule has 1 saturated heterocycles. The molecule has 1 fully saturated rings. The van der Waals surface area contributed by atoms with Crippen LogP contribution in [0.1, 0.15) is 29.5 Å². The third kappa shape index (κ3) is 4.43. The number of H-pyrrole nitrogens is 1. The van der Waals surface area contributed by atoms with Crippen molar-refractivity contribution in [2.75, 3.05) is 13.1 Å². The van der Waals surface area contributed by atoms with Gasteiger partial charge in [-0.15, -0.1) is 0 Å². The molecule has 9 heteroatoms. The number of nitrogens with zero attached hydrogens (tertiary/aromatic N) is 3. The lowest BCUT2D eigenvalue weighted by molar-refractivity contribution is -0.125. The van der Waals surface area contributed by atoms with Crippen molar-refractivity contribution in [2.45, 2.75) is 32.0 Å². The van der Waals surface area contributed by atoms with Crippen molar-refractivity contribution in [1.82, 2.24) is 30.1 Å². The molecule has 9 nitrogen and oxygen atoms in total. The molecule has 2 amide bonds. The Bertz CT molecular complexity index is 853. The number of carbonyl (C=O) groups excluding carboxylic acids is 2. The number of hydrogen-bond acceptors (Lipinski definition) is 5. The predicted molar refractivity (Wildman–Crippen MR) is 99.0 cm³/mol. The Morgan fingerprint density at radius 2 is 2.19 bits per heavy atom. The standard InChI is InChI=1S/C18H24N6O3/c1-3-19-18(27)14-8-13(10-24(14)11-15-20-6-7-23(15)2)22-17(26)12-4-5-16(25)21-9-12/h4-7,9,13-14H,3,8,10-11H2,1-2H3,(H,19,27)(H,21,25)(H,22,26)/t13-,14+/m1/s1. The van der Waals surface area contributed by atoms with Crippen molar-refractivity contribution < 1.29 is 9.59 Å². The van der Waals surface area contributed by atoms with Crippen molar-refractivity contribution in [3.63, 3.8) is 0 Å². The van der Waals surface area contributed by atoms with Gasteiger partial charge in [-0.1, -0.05) is 0 Å². The van der Waals surface area contributed by atoms with Crippen LogP contribution in [0.2, 0.25) is 0 Å². The highest BCUT2D eigenvalue weighted by Gasteiger charge is 2.37. The molecule has 2 aromatic rings. The molecule has 27 heavy (non-hydrogen) atoms. The van der Waals surface area contributed by atoms with Crippen molar-refractivity contribution in [3.8, 4) is 0 Å². The van der Waals surface area contributed by atoms with Crippen LogP contribution in [0.15, 0.2) is 35.5 Å². The molecule has 1 aliphatic heterocycles. The highest BCUT2D eigenvalue weighted by atomic mass is 16.2. The minimum atomic E-state index is -0.331. The van der Waals surface area contributed by atoms with E-state index in [-0.39, 0.29) is 29.5 Å². The number of aryl methyl sites for hydroxylation is 1. The van der Waals surface area contributed by atoms with Gasteiger partial charge in [0.15, 0.2) is 0 Å². The zero-order valence-electron chi connectivity index (χ0n) is 15.4. The van der Waals surface area contributed by atoms with E-state index < -0.39 is 0 Å². The number of imidazole rings is 1. The molecule has 0 radical (unpaired) electrons. The maximum Gasteiger partial charge on any atom is 0.253 e. The fourth-order valence-electron chi connectivity index (χ4n) is 3.30. The van der Waals surface area contributed by atoms with Crippen molar-refractivity contribution >= 4 is 11.8 Å². The summed E-state index contributed by atoms with van der Waals surface area (Å²) in [6.07, 6.45) is 5.49. The van der Waals surface area contributed by atoms with Crippen LogP contribution in [0.4, 0.5) is 0 Å². The van der Waals surface area contributed by atoms with Crippen molar-refractivity contribution in [3.05, 3.63) is 52.5 Å². The Hall–Kier alpha value is -2.94. The Morgan fingerprint density at radius 1 is 1.37 bits per heavy atom. The van der Waals surface area contributed by atoms with Crippen LogP contribution in [0.5, 0.6) is 0 Å². The van der Waals surface area contributed by atoms with Crippen LogP contribution in [-0.2, 0) is 18.4 Å². The van der Waals surface area contributed by atoms with E-state index in [2.05, 4.69) is 20.6 Å². The Balaban J connectivity index is 1.70. The van der Waals surface area contributed by atoms with E-state index in [0.717, 1.165) is 5.82 Å². The van der Waals surface area contributed by atoms with Gasteiger partial charge in [-0.2, -0.15) is 0 Å². The molecule has 1 aliphatic rings. The van der Waals surface area contributed by atoms with E-state index >= 15 is 0 Å². The lowest BCUT2D eigenvalue weighted by atomic mass is 10.1. The lowest BCUT2D eigenvalue weighted by Crippen LogP contribution is -2.43. The van der Waals surface area contributed by atoms with Gasteiger partial charge in [-0.05, 0) is 19.4 Å². The Labute approximate surface area is 156 Å². The number of aromatic nitrogens is 3. The van der Waals surface area contributed by atoms with Crippen LogP contribution in [0.3, 0.4) is 0 Å². The number of pyridine rings is 1. The van der Waals surface area contributed by atoms with E-state index in [1.54, 1.807) is 6.20 Å². The Morgan fingerprint density at radius 3 is 2.81 bits per heavy atom. The number of aromatic amines is 1. The molecular weight excluding hydrogens is 348 g/mol. The third-order valence-electron chi connectivity index (χ3n) is 4.70. The molecule has 0 saturated carbocycles. The monoisotopic (exact) mass is 372 g/mol. The molecular formula is C18H24N6O3. The molecule has 2 atom stereocenters. The van der Waals surface area contributed by atoms with E-state index in [0.29, 0.717) is 31.6 Å². The normalized spacial score (nSPS) is 19.8. The van der Waals surface area contributed by atoms with Gasteiger partial charge in [-0.25, -0.2) is 4.98 Å². The van der Waals surface area contributed by atoms with E-state index in [1.165, 1.54) is 18.3 Å². The van der Waals surface area contributed by atoms with Gasteiger partial charge >= 0.3 is 0 Å². The summed E-state index contributed by atoms with van der Waals surface area (Å²) in [6, 6.07) is 2.30. The summed E-state index contributed by atoms with van der Waals surface area (Å²) in [4.78, 5) is 44.9. The second-order valence-corrected chi connectivity index (χ2v) is 6.64. The van der Waals surface area contributed by atoms with Gasteiger partial charge in [0, 0.05) is 50.8 Å². The molecule has 0 bridgehead atoms. The van der Waals surface area contributed by atoms with E-state index in [9.17, 15) is 14.4 Å². The first-order valence-electron chi connectivity index (χ1n) is 8.95. The zero-order valence-corrected chi connectivity index (χ0v) is 15.4. The molecule has 0 aromatic carbocycles. The predicted octanol–water partition coefficient (Wildman–Crippen LogP) is -0.383. The van der Waals surface area contributed by atoms with Crippen LogP contribution in [0.25, 0.3) is 0 Å². The lowest BCUT2D eigenvalue weighted by Gasteiger charge is -2.22. The summed E-state index contributed by atoms with van der Waals surface area (Å²) in [7, 11) is 1.91. The average molecular weight is 372 g/mol. The van der Waals surface area contributed by atoms with Crippen molar-refractivity contribution in [2.24, 2.45) is 7.05 Å². The number of likely N-dealkylation sites (tertiary alicyclic amines) is 1. The minimum Gasteiger partial charge on any atom is -0.355 e. The average Bonchev–Trinajstić information content (AvgIpc) is 3.22. The number of amides is 2. The topological polar surface area (TPSA) is 112 Å². The molecule has 0 unspecified atom stereocenters. The summed E-state index contributed by atoms with van der Waals surface area (Å²) >= 11 is 0. The fourth-order valence-corrected chi connectivity index (χ4v) is 3.30. The van der Waals surface area contributed by atoms with E-state index in [1.807, 2.05) is 29.6 Å². The second-order valence-electron chi connectivity index (χ2n) is 6.64.